The Morgan fingerprint density at radius 1 is 1.40 bits per heavy atom. The van der Waals surface area contributed by atoms with Crippen molar-refractivity contribution < 1.29 is 4.79 Å². The summed E-state index contributed by atoms with van der Waals surface area (Å²) < 4.78 is 2.17. The van der Waals surface area contributed by atoms with Crippen LogP contribution in [0.25, 0.3) is 5.13 Å². The van der Waals surface area contributed by atoms with Crippen LogP contribution in [0.2, 0.25) is 0 Å². The van der Waals surface area contributed by atoms with Gasteiger partial charge in [0.1, 0.15) is 0 Å². The maximum atomic E-state index is 11.8. The third-order valence-electron chi connectivity index (χ3n) is 4.59. The molecule has 1 fully saturated rings. The highest BCUT2D eigenvalue weighted by molar-refractivity contribution is 7.14. The molecule has 1 unspecified atom stereocenters. The second kappa shape index (κ2) is 7.11. The summed E-state index contributed by atoms with van der Waals surface area (Å²) >= 11 is 3.26. The summed E-state index contributed by atoms with van der Waals surface area (Å²) in [5.74, 6) is -0.00144. The predicted octanol–water partition coefficient (Wildman–Crippen LogP) is 3.69. The Morgan fingerprint density at radius 2 is 2.32 bits per heavy atom. The van der Waals surface area contributed by atoms with Gasteiger partial charge in [0, 0.05) is 48.0 Å². The largest absolute Gasteiger partial charge is 0.354 e. The van der Waals surface area contributed by atoms with E-state index in [1.807, 2.05) is 17.6 Å². The van der Waals surface area contributed by atoms with E-state index in [4.69, 9.17) is 0 Å². The van der Waals surface area contributed by atoms with E-state index in [0.29, 0.717) is 6.04 Å². The number of nitrogens with zero attached hydrogens (tertiary/aromatic N) is 3. The van der Waals surface area contributed by atoms with Gasteiger partial charge in [-0.2, -0.15) is 0 Å². The van der Waals surface area contributed by atoms with Gasteiger partial charge in [-0.1, -0.05) is 0 Å². The van der Waals surface area contributed by atoms with E-state index in [1.54, 1.807) is 29.7 Å². The summed E-state index contributed by atoms with van der Waals surface area (Å²) in [5, 5.41) is 5.72. The number of carbonyl (C=O) groups excluding carboxylic acids is 1. The Kier molecular flexibility index (Phi) is 4.70. The monoisotopic (exact) mass is 372 g/mol. The average Bonchev–Trinajstić information content (AvgIpc) is 3.39. The van der Waals surface area contributed by atoms with Crippen molar-refractivity contribution in [1.29, 1.82) is 0 Å². The molecule has 25 heavy (non-hydrogen) atoms. The smallest absolute Gasteiger partial charge is 0.261 e. The molecular weight excluding hydrogens is 352 g/mol. The number of hydrogen-bond donors (Lipinski definition) is 1. The van der Waals surface area contributed by atoms with Crippen molar-refractivity contribution in [2.24, 2.45) is 0 Å². The molecule has 0 bridgehead atoms. The van der Waals surface area contributed by atoms with Gasteiger partial charge in [-0.3, -0.25) is 14.3 Å². The zero-order valence-electron chi connectivity index (χ0n) is 14.0. The van der Waals surface area contributed by atoms with Gasteiger partial charge < -0.3 is 5.32 Å². The van der Waals surface area contributed by atoms with E-state index in [1.165, 1.54) is 17.0 Å². The molecule has 1 aliphatic rings. The average molecular weight is 373 g/mol. The van der Waals surface area contributed by atoms with E-state index in [2.05, 4.69) is 44.2 Å². The van der Waals surface area contributed by atoms with Crippen molar-refractivity contribution >= 4 is 28.6 Å². The fourth-order valence-corrected chi connectivity index (χ4v) is 5.17. The van der Waals surface area contributed by atoms with Crippen molar-refractivity contribution in [3.63, 3.8) is 0 Å². The van der Waals surface area contributed by atoms with Crippen LogP contribution in [0.1, 0.15) is 39.1 Å². The molecule has 0 aromatic carbocycles. The lowest BCUT2D eigenvalue weighted by molar-refractivity contribution is 0.0967. The van der Waals surface area contributed by atoms with Gasteiger partial charge in [0.05, 0.1) is 4.88 Å². The zero-order valence-corrected chi connectivity index (χ0v) is 15.6. The number of thiophene rings is 1. The van der Waals surface area contributed by atoms with E-state index in [9.17, 15) is 4.79 Å². The first-order chi connectivity index (χ1) is 12.3. The molecule has 0 radical (unpaired) electrons. The Hall–Kier alpha value is -1.96. The lowest BCUT2D eigenvalue weighted by Gasteiger charge is -2.24. The second-order valence-electron chi connectivity index (χ2n) is 6.09. The SMILES string of the molecule is CNC(=O)c1ccc(C2CCCN2Cc2cccn2-c2nccs2)s1. The number of nitrogens with one attached hydrogen (secondary N) is 1. The zero-order chi connectivity index (χ0) is 17.2. The highest BCUT2D eigenvalue weighted by Gasteiger charge is 2.28. The maximum Gasteiger partial charge on any atom is 0.261 e. The molecule has 5 nitrogen and oxygen atoms in total. The fraction of sp³-hybridized carbons (Fsp3) is 0.333. The van der Waals surface area contributed by atoms with Crippen LogP contribution in [0.4, 0.5) is 0 Å². The molecule has 4 rings (SSSR count). The molecule has 1 saturated heterocycles. The first-order valence-electron chi connectivity index (χ1n) is 8.38. The summed E-state index contributed by atoms with van der Waals surface area (Å²) in [4.78, 5) is 20.8. The van der Waals surface area contributed by atoms with Crippen LogP contribution in [-0.2, 0) is 6.54 Å². The number of likely N-dealkylation sites (tertiary alicyclic amines) is 1. The van der Waals surface area contributed by atoms with E-state index in [0.717, 1.165) is 29.5 Å². The van der Waals surface area contributed by atoms with Crippen molar-refractivity contribution in [1.82, 2.24) is 19.8 Å². The first-order valence-corrected chi connectivity index (χ1v) is 10.1. The number of hydrogen-bond acceptors (Lipinski definition) is 5. The second-order valence-corrected chi connectivity index (χ2v) is 8.08. The van der Waals surface area contributed by atoms with Gasteiger partial charge in [-0.25, -0.2) is 4.98 Å². The minimum absolute atomic E-state index is 0.00144. The van der Waals surface area contributed by atoms with E-state index >= 15 is 0 Å². The van der Waals surface area contributed by atoms with Crippen molar-refractivity contribution in [3.05, 3.63) is 57.5 Å². The third-order valence-corrected chi connectivity index (χ3v) is 6.55. The molecule has 7 heteroatoms. The van der Waals surface area contributed by atoms with Gasteiger partial charge in [0.15, 0.2) is 5.13 Å². The minimum atomic E-state index is -0.00144. The summed E-state index contributed by atoms with van der Waals surface area (Å²) in [6, 6.07) is 8.69. The molecule has 4 heterocycles. The molecule has 0 spiro atoms. The summed E-state index contributed by atoms with van der Waals surface area (Å²) in [6.07, 6.45) is 6.25. The molecule has 0 saturated carbocycles. The molecule has 1 amide bonds. The van der Waals surface area contributed by atoms with Gasteiger partial charge in [0.25, 0.3) is 5.91 Å². The molecule has 3 aromatic rings. The van der Waals surface area contributed by atoms with Gasteiger partial charge >= 0.3 is 0 Å². The third kappa shape index (κ3) is 3.27. The highest BCUT2D eigenvalue weighted by Crippen LogP contribution is 2.37. The lowest BCUT2D eigenvalue weighted by atomic mass is 10.2. The molecule has 3 aromatic heterocycles. The predicted molar refractivity (Wildman–Crippen MR) is 102 cm³/mol. The molecule has 1 N–H and O–H groups in total. The molecule has 1 aliphatic heterocycles. The Labute approximate surface area is 154 Å². The van der Waals surface area contributed by atoms with Crippen LogP contribution < -0.4 is 5.32 Å². The lowest BCUT2D eigenvalue weighted by Crippen LogP contribution is -2.23. The quantitative estimate of drug-likeness (QED) is 0.743. The minimum Gasteiger partial charge on any atom is -0.354 e. The number of carbonyl (C=O) groups is 1. The van der Waals surface area contributed by atoms with Crippen molar-refractivity contribution in [3.8, 4) is 5.13 Å². The molecule has 130 valence electrons. The van der Waals surface area contributed by atoms with Crippen LogP contribution in [0, 0.1) is 0 Å². The van der Waals surface area contributed by atoms with Crippen molar-refractivity contribution in [2.45, 2.75) is 25.4 Å². The fourth-order valence-electron chi connectivity index (χ4n) is 3.39. The topological polar surface area (TPSA) is 50.2 Å². The summed E-state index contributed by atoms with van der Waals surface area (Å²) in [7, 11) is 1.68. The van der Waals surface area contributed by atoms with Crippen LogP contribution >= 0.6 is 22.7 Å². The number of aromatic nitrogens is 2. The maximum absolute atomic E-state index is 11.8. The normalized spacial score (nSPS) is 17.9. The number of rotatable bonds is 5. The highest BCUT2D eigenvalue weighted by atomic mass is 32.1. The van der Waals surface area contributed by atoms with E-state index < -0.39 is 0 Å². The van der Waals surface area contributed by atoms with Crippen molar-refractivity contribution in [2.75, 3.05) is 13.6 Å². The van der Waals surface area contributed by atoms with Gasteiger partial charge in [-0.15, -0.1) is 22.7 Å². The van der Waals surface area contributed by atoms with E-state index in [-0.39, 0.29) is 5.91 Å². The van der Waals surface area contributed by atoms with Crippen LogP contribution in [-0.4, -0.2) is 34.0 Å². The molecule has 0 aliphatic carbocycles. The first kappa shape index (κ1) is 16.5. The van der Waals surface area contributed by atoms with Crippen LogP contribution in [0.3, 0.4) is 0 Å². The Bertz CT molecular complexity index is 852. The van der Waals surface area contributed by atoms with Gasteiger partial charge in [-0.05, 0) is 43.7 Å². The van der Waals surface area contributed by atoms with Crippen LogP contribution in [0.5, 0.6) is 0 Å². The Balaban J connectivity index is 1.54. The number of thiazole rings is 1. The summed E-state index contributed by atoms with van der Waals surface area (Å²) in [6.45, 7) is 1.98. The molecule has 1 atom stereocenters. The molecular formula is C18H20N4OS2. The van der Waals surface area contributed by atoms with Gasteiger partial charge in [0.2, 0.25) is 0 Å². The van der Waals surface area contributed by atoms with Crippen LogP contribution in [0.15, 0.2) is 42.0 Å². The summed E-state index contributed by atoms with van der Waals surface area (Å²) in [5.41, 5.74) is 1.25. The standard InChI is InChI=1S/C18H20N4OS2/c1-19-17(23)16-7-6-15(25-16)14-5-3-9-21(14)12-13-4-2-10-22(13)18-20-8-11-24-18/h2,4,6-8,10-11,14H,3,5,9,12H2,1H3,(H,19,23). The number of amides is 1. The Morgan fingerprint density at radius 3 is 3.12 bits per heavy atom.